The van der Waals surface area contributed by atoms with E-state index in [1.165, 1.54) is 12.8 Å². The van der Waals surface area contributed by atoms with Gasteiger partial charge < -0.3 is 5.32 Å². The number of amides is 1. The Morgan fingerprint density at radius 1 is 0.913 bits per heavy atom. The fourth-order valence-corrected chi connectivity index (χ4v) is 2.44. The first-order valence-corrected chi connectivity index (χ1v) is 8.18. The lowest BCUT2D eigenvalue weighted by molar-refractivity contribution is -0.116. The highest BCUT2D eigenvalue weighted by atomic mass is 16.1. The second-order valence-corrected chi connectivity index (χ2v) is 5.68. The normalized spacial score (nSPS) is 10.3. The van der Waals surface area contributed by atoms with E-state index in [-0.39, 0.29) is 5.91 Å². The number of rotatable bonds is 8. The van der Waals surface area contributed by atoms with Gasteiger partial charge in [-0.15, -0.1) is 0 Å². The minimum atomic E-state index is 0.0733. The summed E-state index contributed by atoms with van der Waals surface area (Å²) in [4.78, 5) is 22.5. The SMILES string of the molecule is CCCCCCC(=O)Nc1ccc(-c2ccc(C=O)cc2)cc1. The Hall–Kier alpha value is -2.42. The van der Waals surface area contributed by atoms with Crippen LogP contribution in [-0.2, 0) is 4.79 Å². The number of carbonyl (C=O) groups is 2. The van der Waals surface area contributed by atoms with E-state index in [1.807, 2.05) is 36.4 Å². The molecule has 0 unspecified atom stereocenters. The first-order valence-electron chi connectivity index (χ1n) is 8.18. The quantitative estimate of drug-likeness (QED) is 0.546. The van der Waals surface area contributed by atoms with Crippen LogP contribution in [0.1, 0.15) is 49.4 Å². The lowest BCUT2D eigenvalue weighted by Gasteiger charge is -2.07. The van der Waals surface area contributed by atoms with Crippen LogP contribution in [0.4, 0.5) is 5.69 Å². The summed E-state index contributed by atoms with van der Waals surface area (Å²) in [5, 5.41) is 2.93. The van der Waals surface area contributed by atoms with Gasteiger partial charge in [-0.2, -0.15) is 0 Å². The molecule has 2 aromatic rings. The van der Waals surface area contributed by atoms with E-state index >= 15 is 0 Å². The first-order chi connectivity index (χ1) is 11.2. The predicted molar refractivity (Wildman–Crippen MR) is 94.7 cm³/mol. The molecular formula is C20H23NO2. The molecular weight excluding hydrogens is 286 g/mol. The van der Waals surface area contributed by atoms with Gasteiger partial charge in [-0.05, 0) is 29.7 Å². The number of carbonyl (C=O) groups excluding carboxylic acids is 2. The summed E-state index contributed by atoms with van der Waals surface area (Å²) in [7, 11) is 0. The van der Waals surface area contributed by atoms with Crippen LogP contribution in [0.15, 0.2) is 48.5 Å². The Morgan fingerprint density at radius 2 is 1.52 bits per heavy atom. The lowest BCUT2D eigenvalue weighted by atomic mass is 10.0. The van der Waals surface area contributed by atoms with Gasteiger partial charge in [0.1, 0.15) is 6.29 Å². The molecule has 3 nitrogen and oxygen atoms in total. The Balaban J connectivity index is 1.91. The molecule has 0 spiro atoms. The van der Waals surface area contributed by atoms with E-state index in [0.717, 1.165) is 35.9 Å². The molecule has 1 amide bonds. The molecule has 0 saturated carbocycles. The van der Waals surface area contributed by atoms with Crippen LogP contribution in [0.5, 0.6) is 0 Å². The van der Waals surface area contributed by atoms with Gasteiger partial charge in [0.15, 0.2) is 0 Å². The average molecular weight is 309 g/mol. The summed E-state index contributed by atoms with van der Waals surface area (Å²) < 4.78 is 0. The van der Waals surface area contributed by atoms with Gasteiger partial charge in [0.25, 0.3) is 0 Å². The zero-order valence-electron chi connectivity index (χ0n) is 13.5. The highest BCUT2D eigenvalue weighted by molar-refractivity contribution is 5.91. The smallest absolute Gasteiger partial charge is 0.224 e. The first kappa shape index (κ1) is 16.9. The molecule has 0 aliphatic rings. The number of unbranched alkanes of at least 4 members (excludes halogenated alkanes) is 3. The Kier molecular flexibility index (Phi) is 6.55. The van der Waals surface area contributed by atoms with Crippen LogP contribution in [0.25, 0.3) is 11.1 Å². The molecule has 0 atom stereocenters. The summed E-state index contributed by atoms with van der Waals surface area (Å²) in [6, 6.07) is 15.2. The topological polar surface area (TPSA) is 46.2 Å². The van der Waals surface area contributed by atoms with Gasteiger partial charge in [0.2, 0.25) is 5.91 Å². The number of hydrogen-bond acceptors (Lipinski definition) is 2. The van der Waals surface area contributed by atoms with Gasteiger partial charge >= 0.3 is 0 Å². The fourth-order valence-electron chi connectivity index (χ4n) is 2.44. The third-order valence-corrected chi connectivity index (χ3v) is 3.81. The zero-order chi connectivity index (χ0) is 16.5. The van der Waals surface area contributed by atoms with Crippen LogP contribution in [0.2, 0.25) is 0 Å². The molecule has 2 aromatic carbocycles. The van der Waals surface area contributed by atoms with E-state index in [2.05, 4.69) is 12.2 Å². The van der Waals surface area contributed by atoms with Gasteiger partial charge in [-0.25, -0.2) is 0 Å². The van der Waals surface area contributed by atoms with Crippen molar-refractivity contribution in [1.82, 2.24) is 0 Å². The van der Waals surface area contributed by atoms with Crippen LogP contribution < -0.4 is 5.32 Å². The number of aldehydes is 1. The van der Waals surface area contributed by atoms with Gasteiger partial charge in [-0.1, -0.05) is 62.6 Å². The average Bonchev–Trinajstić information content (AvgIpc) is 2.59. The number of hydrogen-bond donors (Lipinski definition) is 1. The third kappa shape index (κ3) is 5.37. The zero-order valence-corrected chi connectivity index (χ0v) is 13.5. The van der Waals surface area contributed by atoms with Crippen LogP contribution in [0.3, 0.4) is 0 Å². The minimum absolute atomic E-state index is 0.0733. The van der Waals surface area contributed by atoms with E-state index < -0.39 is 0 Å². The highest BCUT2D eigenvalue weighted by Crippen LogP contribution is 2.22. The van der Waals surface area contributed by atoms with Crippen LogP contribution >= 0.6 is 0 Å². The van der Waals surface area contributed by atoms with Crippen LogP contribution in [0, 0.1) is 0 Å². The Labute approximate surface area is 137 Å². The van der Waals surface area contributed by atoms with Crippen molar-refractivity contribution < 1.29 is 9.59 Å². The molecule has 1 N–H and O–H groups in total. The molecule has 0 aromatic heterocycles. The molecule has 120 valence electrons. The number of nitrogens with one attached hydrogen (secondary N) is 1. The lowest BCUT2D eigenvalue weighted by Crippen LogP contribution is -2.10. The maximum atomic E-state index is 11.9. The molecule has 0 aliphatic carbocycles. The second kappa shape index (κ2) is 8.89. The summed E-state index contributed by atoms with van der Waals surface area (Å²) in [5.41, 5.74) is 3.59. The van der Waals surface area contributed by atoms with Crippen molar-refractivity contribution in [1.29, 1.82) is 0 Å². The molecule has 0 radical (unpaired) electrons. The summed E-state index contributed by atoms with van der Waals surface area (Å²) in [5.74, 6) is 0.0733. The Bertz CT molecular complexity index is 630. The standard InChI is InChI=1S/C20H23NO2/c1-2-3-4-5-6-20(23)21-19-13-11-18(12-14-19)17-9-7-16(15-22)8-10-17/h7-15H,2-6H2,1H3,(H,21,23). The summed E-state index contributed by atoms with van der Waals surface area (Å²) in [6.07, 6.45) is 5.83. The van der Waals surface area contributed by atoms with E-state index in [9.17, 15) is 9.59 Å². The monoisotopic (exact) mass is 309 g/mol. The molecule has 23 heavy (non-hydrogen) atoms. The fraction of sp³-hybridized carbons (Fsp3) is 0.300. The predicted octanol–water partition coefficient (Wildman–Crippen LogP) is 5.08. The van der Waals surface area contributed by atoms with Crippen molar-refractivity contribution in [3.63, 3.8) is 0 Å². The maximum Gasteiger partial charge on any atom is 0.224 e. The van der Waals surface area contributed by atoms with E-state index in [0.29, 0.717) is 12.0 Å². The molecule has 0 aliphatic heterocycles. The molecule has 0 saturated heterocycles. The van der Waals surface area contributed by atoms with E-state index in [4.69, 9.17) is 0 Å². The second-order valence-electron chi connectivity index (χ2n) is 5.68. The number of anilines is 1. The number of benzene rings is 2. The Morgan fingerprint density at radius 3 is 2.09 bits per heavy atom. The van der Waals surface area contributed by atoms with Crippen molar-refractivity contribution in [2.24, 2.45) is 0 Å². The molecule has 2 rings (SSSR count). The largest absolute Gasteiger partial charge is 0.326 e. The molecule has 0 bridgehead atoms. The van der Waals surface area contributed by atoms with Gasteiger partial charge in [0, 0.05) is 17.7 Å². The third-order valence-electron chi connectivity index (χ3n) is 3.81. The van der Waals surface area contributed by atoms with Gasteiger partial charge in [-0.3, -0.25) is 9.59 Å². The minimum Gasteiger partial charge on any atom is -0.326 e. The van der Waals surface area contributed by atoms with Crippen molar-refractivity contribution >= 4 is 17.9 Å². The maximum absolute atomic E-state index is 11.9. The molecule has 3 heteroatoms. The van der Waals surface area contributed by atoms with Gasteiger partial charge in [0.05, 0.1) is 0 Å². The van der Waals surface area contributed by atoms with Crippen molar-refractivity contribution in [3.05, 3.63) is 54.1 Å². The molecule has 0 heterocycles. The summed E-state index contributed by atoms with van der Waals surface area (Å²) in [6.45, 7) is 2.16. The highest BCUT2D eigenvalue weighted by Gasteiger charge is 2.03. The van der Waals surface area contributed by atoms with Crippen molar-refractivity contribution in [2.45, 2.75) is 39.0 Å². The van der Waals surface area contributed by atoms with Crippen molar-refractivity contribution in [2.75, 3.05) is 5.32 Å². The molecule has 0 fully saturated rings. The van der Waals surface area contributed by atoms with Crippen molar-refractivity contribution in [3.8, 4) is 11.1 Å². The summed E-state index contributed by atoms with van der Waals surface area (Å²) >= 11 is 0. The van der Waals surface area contributed by atoms with E-state index in [1.54, 1.807) is 12.1 Å². The van der Waals surface area contributed by atoms with Crippen LogP contribution in [-0.4, -0.2) is 12.2 Å².